The SMILES string of the molecule is CC.CC.CCc1ccc(C)cc1C(C)C. The highest BCUT2D eigenvalue weighted by molar-refractivity contribution is 5.33. The molecule has 0 saturated heterocycles. The number of hydrogen-bond donors (Lipinski definition) is 0. The van der Waals surface area contributed by atoms with Crippen LogP contribution in [0, 0.1) is 6.92 Å². The lowest BCUT2D eigenvalue weighted by Crippen LogP contribution is -1.95. The fraction of sp³-hybridized carbons (Fsp3) is 0.625. The Morgan fingerprint density at radius 2 is 1.50 bits per heavy atom. The van der Waals surface area contributed by atoms with E-state index in [0.717, 1.165) is 6.42 Å². The highest BCUT2D eigenvalue weighted by Gasteiger charge is 2.04. The van der Waals surface area contributed by atoms with E-state index in [1.807, 2.05) is 27.7 Å². The van der Waals surface area contributed by atoms with Gasteiger partial charge in [0.25, 0.3) is 0 Å². The molecule has 0 N–H and O–H groups in total. The van der Waals surface area contributed by atoms with E-state index >= 15 is 0 Å². The van der Waals surface area contributed by atoms with Crippen molar-refractivity contribution in [1.29, 1.82) is 0 Å². The van der Waals surface area contributed by atoms with Crippen LogP contribution in [0.15, 0.2) is 18.2 Å². The molecule has 0 aliphatic carbocycles. The second-order valence-corrected chi connectivity index (χ2v) is 3.71. The minimum atomic E-state index is 0.653. The molecule has 0 spiro atoms. The summed E-state index contributed by atoms with van der Waals surface area (Å²) >= 11 is 0. The molecule has 16 heavy (non-hydrogen) atoms. The average molecular weight is 222 g/mol. The molecule has 1 aromatic carbocycles. The molecule has 0 aliphatic rings. The molecule has 0 unspecified atom stereocenters. The molecule has 0 heterocycles. The Labute approximate surface area is 103 Å². The summed E-state index contributed by atoms with van der Waals surface area (Å²) in [5, 5.41) is 0. The largest absolute Gasteiger partial charge is 0.0683 e. The van der Waals surface area contributed by atoms with E-state index < -0.39 is 0 Å². The maximum atomic E-state index is 2.31. The highest BCUT2D eigenvalue weighted by atomic mass is 14.1. The molecule has 0 saturated carbocycles. The van der Waals surface area contributed by atoms with Crippen molar-refractivity contribution in [1.82, 2.24) is 0 Å². The van der Waals surface area contributed by atoms with Gasteiger partial charge in [0, 0.05) is 0 Å². The lowest BCUT2D eigenvalue weighted by molar-refractivity contribution is 0.842. The zero-order valence-electron chi connectivity index (χ0n) is 12.5. The maximum Gasteiger partial charge on any atom is -0.0216 e. The van der Waals surface area contributed by atoms with E-state index in [0.29, 0.717) is 5.92 Å². The summed E-state index contributed by atoms with van der Waals surface area (Å²) in [5.74, 6) is 0.653. The molecule has 94 valence electrons. The summed E-state index contributed by atoms with van der Waals surface area (Å²) in [5.41, 5.74) is 4.38. The molecule has 0 amide bonds. The molecular formula is C16H30. The van der Waals surface area contributed by atoms with Crippen molar-refractivity contribution < 1.29 is 0 Å². The van der Waals surface area contributed by atoms with Crippen molar-refractivity contribution in [2.45, 2.75) is 67.7 Å². The zero-order valence-corrected chi connectivity index (χ0v) is 12.5. The van der Waals surface area contributed by atoms with E-state index in [9.17, 15) is 0 Å². The van der Waals surface area contributed by atoms with Crippen molar-refractivity contribution in [3.8, 4) is 0 Å². The summed E-state index contributed by atoms with van der Waals surface area (Å²) < 4.78 is 0. The highest BCUT2D eigenvalue weighted by Crippen LogP contribution is 2.21. The Bertz CT molecular complexity index is 259. The monoisotopic (exact) mass is 222 g/mol. The van der Waals surface area contributed by atoms with Crippen molar-refractivity contribution >= 4 is 0 Å². The Morgan fingerprint density at radius 3 is 1.88 bits per heavy atom. The van der Waals surface area contributed by atoms with Gasteiger partial charge in [-0.25, -0.2) is 0 Å². The van der Waals surface area contributed by atoms with Crippen molar-refractivity contribution in [2.75, 3.05) is 0 Å². The summed E-state index contributed by atoms with van der Waals surface area (Å²) in [4.78, 5) is 0. The third kappa shape index (κ3) is 5.95. The standard InChI is InChI=1S/C12H18.2C2H6/c1-5-11-7-6-10(4)8-12(11)9(2)3;2*1-2/h6-9H,5H2,1-4H3;2*1-2H3. The predicted octanol–water partition coefficient (Wildman–Crippen LogP) is 5.73. The van der Waals surface area contributed by atoms with Crippen LogP contribution in [0.5, 0.6) is 0 Å². The summed E-state index contributed by atoms with van der Waals surface area (Å²) in [6, 6.07) is 6.76. The zero-order chi connectivity index (χ0) is 13.1. The maximum absolute atomic E-state index is 2.31. The lowest BCUT2D eigenvalue weighted by Gasteiger charge is -2.11. The average Bonchev–Trinajstić information content (AvgIpc) is 2.34. The van der Waals surface area contributed by atoms with Gasteiger partial charge < -0.3 is 0 Å². The van der Waals surface area contributed by atoms with Crippen LogP contribution in [0.25, 0.3) is 0 Å². The first-order chi connectivity index (χ1) is 7.65. The van der Waals surface area contributed by atoms with Gasteiger partial charge in [0.2, 0.25) is 0 Å². The molecule has 0 aromatic heterocycles. The van der Waals surface area contributed by atoms with Gasteiger partial charge in [-0.3, -0.25) is 0 Å². The molecule has 0 fully saturated rings. The van der Waals surface area contributed by atoms with Gasteiger partial charge in [-0.05, 0) is 30.4 Å². The second-order valence-electron chi connectivity index (χ2n) is 3.71. The van der Waals surface area contributed by atoms with Crippen LogP contribution in [-0.4, -0.2) is 0 Å². The van der Waals surface area contributed by atoms with Crippen LogP contribution in [0.1, 0.15) is 71.1 Å². The Kier molecular flexibility index (Phi) is 11.8. The number of aryl methyl sites for hydroxylation is 2. The minimum absolute atomic E-state index is 0.653. The first-order valence-corrected chi connectivity index (χ1v) is 6.74. The summed E-state index contributed by atoms with van der Waals surface area (Å²) in [6.45, 7) is 16.9. The van der Waals surface area contributed by atoms with Crippen LogP contribution >= 0.6 is 0 Å². The van der Waals surface area contributed by atoms with E-state index in [-0.39, 0.29) is 0 Å². The van der Waals surface area contributed by atoms with Gasteiger partial charge in [-0.15, -0.1) is 0 Å². The quantitative estimate of drug-likeness (QED) is 0.599. The Morgan fingerprint density at radius 1 is 1.00 bits per heavy atom. The van der Waals surface area contributed by atoms with Gasteiger partial charge in [0.05, 0.1) is 0 Å². The van der Waals surface area contributed by atoms with Crippen molar-refractivity contribution in [2.24, 2.45) is 0 Å². The van der Waals surface area contributed by atoms with Gasteiger partial charge in [-0.1, -0.05) is 72.2 Å². The normalized spacial score (nSPS) is 8.81. The van der Waals surface area contributed by atoms with Crippen LogP contribution < -0.4 is 0 Å². The topological polar surface area (TPSA) is 0 Å². The van der Waals surface area contributed by atoms with Crippen LogP contribution in [-0.2, 0) is 6.42 Å². The molecular weight excluding hydrogens is 192 g/mol. The molecule has 0 heteroatoms. The van der Waals surface area contributed by atoms with E-state index in [1.54, 1.807) is 0 Å². The van der Waals surface area contributed by atoms with Crippen LogP contribution in [0.3, 0.4) is 0 Å². The van der Waals surface area contributed by atoms with Crippen LogP contribution in [0.4, 0.5) is 0 Å². The van der Waals surface area contributed by atoms with Gasteiger partial charge in [0.1, 0.15) is 0 Å². The Balaban J connectivity index is 0. The molecule has 0 radical (unpaired) electrons. The molecule has 0 nitrogen and oxygen atoms in total. The van der Waals surface area contributed by atoms with Gasteiger partial charge in [-0.2, -0.15) is 0 Å². The minimum Gasteiger partial charge on any atom is -0.0683 e. The summed E-state index contributed by atoms with van der Waals surface area (Å²) in [7, 11) is 0. The molecule has 1 rings (SSSR count). The number of rotatable bonds is 2. The fourth-order valence-corrected chi connectivity index (χ4v) is 1.57. The number of benzene rings is 1. The van der Waals surface area contributed by atoms with Gasteiger partial charge in [0.15, 0.2) is 0 Å². The smallest absolute Gasteiger partial charge is 0.0216 e. The van der Waals surface area contributed by atoms with Gasteiger partial charge >= 0.3 is 0 Å². The fourth-order valence-electron chi connectivity index (χ4n) is 1.57. The Hall–Kier alpha value is -0.780. The third-order valence-electron chi connectivity index (χ3n) is 2.30. The molecule has 1 aromatic rings. The van der Waals surface area contributed by atoms with E-state index in [2.05, 4.69) is 45.9 Å². The van der Waals surface area contributed by atoms with E-state index in [4.69, 9.17) is 0 Å². The number of hydrogen-bond acceptors (Lipinski definition) is 0. The van der Waals surface area contributed by atoms with Crippen molar-refractivity contribution in [3.05, 3.63) is 34.9 Å². The predicted molar refractivity (Wildman–Crippen MR) is 77.3 cm³/mol. The first kappa shape index (κ1) is 17.6. The molecule has 0 atom stereocenters. The molecule has 0 aliphatic heterocycles. The second kappa shape index (κ2) is 10.7. The lowest BCUT2D eigenvalue weighted by atomic mass is 9.94. The first-order valence-electron chi connectivity index (χ1n) is 6.74. The van der Waals surface area contributed by atoms with Crippen molar-refractivity contribution in [3.63, 3.8) is 0 Å². The van der Waals surface area contributed by atoms with Crippen LogP contribution in [0.2, 0.25) is 0 Å². The summed E-state index contributed by atoms with van der Waals surface area (Å²) in [6.07, 6.45) is 1.15. The molecule has 0 bridgehead atoms. The van der Waals surface area contributed by atoms with E-state index in [1.165, 1.54) is 16.7 Å². The third-order valence-corrected chi connectivity index (χ3v) is 2.30.